The van der Waals surface area contributed by atoms with Gasteiger partial charge in [-0.2, -0.15) is 0 Å². The van der Waals surface area contributed by atoms with Crippen molar-refractivity contribution in [3.63, 3.8) is 0 Å². The molecule has 0 saturated carbocycles. The Hall–Kier alpha value is -3.05. The summed E-state index contributed by atoms with van der Waals surface area (Å²) >= 11 is 6.13. The summed E-state index contributed by atoms with van der Waals surface area (Å²) in [5.74, 6) is 2.89. The average Bonchev–Trinajstić information content (AvgIpc) is 2.84. The van der Waals surface area contributed by atoms with Crippen molar-refractivity contribution >= 4 is 23.5 Å². The van der Waals surface area contributed by atoms with Crippen molar-refractivity contribution in [2.45, 2.75) is 33.2 Å². The standard InChI is InChI=1S/C27H32ClN3O2/c1-5-20(3)17-31(27-16-26(28)29-19-30-27)18-23-11-12-24(15-25(23)32-4)33-14-13-22-9-7-21(6-2)8-10-22/h6-12,15-16,19-20H,2,5,13-14,17-18H2,1,3-4H3. The second-order valence-corrected chi connectivity index (χ2v) is 8.50. The molecule has 174 valence electrons. The quantitative estimate of drug-likeness (QED) is 0.287. The number of hydrogen-bond donors (Lipinski definition) is 0. The van der Waals surface area contributed by atoms with Crippen molar-refractivity contribution in [2.24, 2.45) is 5.92 Å². The number of ether oxygens (including phenoxy) is 2. The number of hydrogen-bond acceptors (Lipinski definition) is 5. The van der Waals surface area contributed by atoms with Crippen LogP contribution in [0.2, 0.25) is 5.15 Å². The van der Waals surface area contributed by atoms with Gasteiger partial charge in [0, 0.05) is 37.2 Å². The Kier molecular flexibility index (Phi) is 9.14. The Morgan fingerprint density at radius 2 is 1.91 bits per heavy atom. The number of rotatable bonds is 12. The second kappa shape index (κ2) is 12.3. The van der Waals surface area contributed by atoms with Gasteiger partial charge in [0.1, 0.15) is 28.8 Å². The van der Waals surface area contributed by atoms with E-state index in [4.69, 9.17) is 21.1 Å². The molecule has 1 aromatic heterocycles. The van der Waals surface area contributed by atoms with Gasteiger partial charge in [-0.1, -0.05) is 68.8 Å². The minimum atomic E-state index is 0.434. The zero-order valence-corrected chi connectivity index (χ0v) is 20.4. The molecular formula is C27H32ClN3O2. The van der Waals surface area contributed by atoms with Crippen LogP contribution in [-0.2, 0) is 13.0 Å². The van der Waals surface area contributed by atoms with Crippen LogP contribution in [0.4, 0.5) is 5.82 Å². The molecule has 0 amide bonds. The van der Waals surface area contributed by atoms with E-state index in [9.17, 15) is 0 Å². The molecule has 0 spiro atoms. The molecule has 1 atom stereocenters. The van der Waals surface area contributed by atoms with Crippen LogP contribution in [0.15, 0.2) is 61.4 Å². The Morgan fingerprint density at radius 3 is 2.58 bits per heavy atom. The van der Waals surface area contributed by atoms with Crippen LogP contribution in [0, 0.1) is 5.92 Å². The Morgan fingerprint density at radius 1 is 1.12 bits per heavy atom. The topological polar surface area (TPSA) is 47.5 Å². The molecular weight excluding hydrogens is 434 g/mol. The van der Waals surface area contributed by atoms with E-state index >= 15 is 0 Å². The van der Waals surface area contributed by atoms with Crippen molar-refractivity contribution in [3.05, 3.63) is 83.3 Å². The lowest BCUT2D eigenvalue weighted by molar-refractivity contribution is 0.318. The normalized spacial score (nSPS) is 11.6. The first-order chi connectivity index (χ1) is 16.0. The number of benzene rings is 2. The van der Waals surface area contributed by atoms with Crippen molar-refractivity contribution in [2.75, 3.05) is 25.2 Å². The summed E-state index contributed by atoms with van der Waals surface area (Å²) in [6.07, 6.45) is 5.26. The van der Waals surface area contributed by atoms with E-state index in [1.165, 1.54) is 11.9 Å². The lowest BCUT2D eigenvalue weighted by Gasteiger charge is -2.27. The molecule has 0 aliphatic rings. The number of halogens is 1. The third kappa shape index (κ3) is 7.22. The molecule has 1 unspecified atom stereocenters. The van der Waals surface area contributed by atoms with Crippen molar-refractivity contribution in [1.82, 2.24) is 9.97 Å². The number of anilines is 1. The molecule has 0 radical (unpaired) electrons. The van der Waals surface area contributed by atoms with E-state index in [0.717, 1.165) is 47.8 Å². The molecule has 0 saturated heterocycles. The maximum Gasteiger partial charge on any atom is 0.134 e. The highest BCUT2D eigenvalue weighted by Gasteiger charge is 2.16. The monoisotopic (exact) mass is 465 g/mol. The summed E-state index contributed by atoms with van der Waals surface area (Å²) in [5, 5.41) is 0.434. The highest BCUT2D eigenvalue weighted by atomic mass is 35.5. The molecule has 0 aliphatic heterocycles. The van der Waals surface area contributed by atoms with Crippen LogP contribution in [0.3, 0.4) is 0 Å². The number of aromatic nitrogens is 2. The summed E-state index contributed by atoms with van der Waals surface area (Å²) in [6, 6.07) is 16.1. The average molecular weight is 466 g/mol. The molecule has 5 nitrogen and oxygen atoms in total. The zero-order valence-electron chi connectivity index (χ0n) is 19.6. The molecule has 1 heterocycles. The van der Waals surface area contributed by atoms with Gasteiger partial charge in [-0.15, -0.1) is 0 Å². The van der Waals surface area contributed by atoms with E-state index in [-0.39, 0.29) is 0 Å². The summed E-state index contributed by atoms with van der Waals surface area (Å²) < 4.78 is 11.7. The van der Waals surface area contributed by atoms with Crippen LogP contribution < -0.4 is 14.4 Å². The molecule has 33 heavy (non-hydrogen) atoms. The largest absolute Gasteiger partial charge is 0.496 e. The summed E-state index contributed by atoms with van der Waals surface area (Å²) in [4.78, 5) is 10.7. The predicted octanol–water partition coefficient (Wildman–Crippen LogP) is 6.46. The van der Waals surface area contributed by atoms with E-state index < -0.39 is 0 Å². The van der Waals surface area contributed by atoms with Crippen LogP contribution in [0.1, 0.15) is 37.0 Å². The van der Waals surface area contributed by atoms with Gasteiger partial charge in [0.05, 0.1) is 13.7 Å². The molecule has 0 bridgehead atoms. The number of methoxy groups -OCH3 is 1. The van der Waals surface area contributed by atoms with Crippen molar-refractivity contribution in [3.8, 4) is 11.5 Å². The van der Waals surface area contributed by atoms with Crippen LogP contribution >= 0.6 is 11.6 Å². The van der Waals surface area contributed by atoms with Gasteiger partial charge in [0.2, 0.25) is 0 Å². The summed E-state index contributed by atoms with van der Waals surface area (Å²) in [6.45, 7) is 10.3. The highest BCUT2D eigenvalue weighted by Crippen LogP contribution is 2.28. The molecule has 0 fully saturated rings. The minimum absolute atomic E-state index is 0.434. The molecule has 0 N–H and O–H groups in total. The van der Waals surface area contributed by atoms with Gasteiger partial charge in [-0.05, 0) is 29.2 Å². The van der Waals surface area contributed by atoms with E-state index in [1.54, 1.807) is 13.2 Å². The van der Waals surface area contributed by atoms with Crippen LogP contribution in [-0.4, -0.2) is 30.2 Å². The predicted molar refractivity (Wildman–Crippen MR) is 136 cm³/mol. The van der Waals surface area contributed by atoms with Gasteiger partial charge < -0.3 is 14.4 Å². The Balaban J connectivity index is 1.69. The van der Waals surface area contributed by atoms with Crippen molar-refractivity contribution in [1.29, 1.82) is 0 Å². The lowest BCUT2D eigenvalue weighted by atomic mass is 10.1. The highest BCUT2D eigenvalue weighted by molar-refractivity contribution is 6.29. The van der Waals surface area contributed by atoms with E-state index in [1.807, 2.05) is 18.2 Å². The van der Waals surface area contributed by atoms with Crippen LogP contribution in [0.25, 0.3) is 6.08 Å². The molecule has 0 aliphatic carbocycles. The number of nitrogens with zero attached hydrogens (tertiary/aromatic N) is 3. The summed E-state index contributed by atoms with van der Waals surface area (Å²) in [5.41, 5.74) is 3.41. The fourth-order valence-electron chi connectivity index (χ4n) is 3.50. The zero-order chi connectivity index (χ0) is 23.6. The van der Waals surface area contributed by atoms with Crippen molar-refractivity contribution < 1.29 is 9.47 Å². The Bertz CT molecular complexity index is 1040. The maximum atomic E-state index is 6.13. The summed E-state index contributed by atoms with van der Waals surface area (Å²) in [7, 11) is 1.68. The molecule has 6 heteroatoms. The fraction of sp³-hybridized carbons (Fsp3) is 0.333. The lowest BCUT2D eigenvalue weighted by Crippen LogP contribution is -2.29. The SMILES string of the molecule is C=Cc1ccc(CCOc2ccc(CN(CC(C)CC)c3cc(Cl)ncn3)c(OC)c2)cc1. The Labute approximate surface area is 202 Å². The van der Waals surface area contributed by atoms with Gasteiger partial charge in [-0.3, -0.25) is 0 Å². The van der Waals surface area contributed by atoms with E-state index in [2.05, 4.69) is 65.6 Å². The van der Waals surface area contributed by atoms with Gasteiger partial charge in [-0.25, -0.2) is 9.97 Å². The van der Waals surface area contributed by atoms with Crippen LogP contribution in [0.5, 0.6) is 11.5 Å². The van der Waals surface area contributed by atoms with Gasteiger partial charge in [0.15, 0.2) is 0 Å². The molecule has 2 aromatic carbocycles. The van der Waals surface area contributed by atoms with Gasteiger partial charge in [0.25, 0.3) is 0 Å². The van der Waals surface area contributed by atoms with Gasteiger partial charge >= 0.3 is 0 Å². The first-order valence-electron chi connectivity index (χ1n) is 11.3. The first kappa shape index (κ1) is 24.6. The fourth-order valence-corrected chi connectivity index (χ4v) is 3.64. The molecule has 3 rings (SSSR count). The molecule has 3 aromatic rings. The minimum Gasteiger partial charge on any atom is -0.496 e. The third-order valence-electron chi connectivity index (χ3n) is 5.67. The maximum absolute atomic E-state index is 6.13. The smallest absolute Gasteiger partial charge is 0.134 e. The first-order valence-corrected chi connectivity index (χ1v) is 11.6. The van der Waals surface area contributed by atoms with E-state index in [0.29, 0.717) is 24.2 Å². The third-order valence-corrected chi connectivity index (χ3v) is 5.87. The second-order valence-electron chi connectivity index (χ2n) is 8.11.